The number of aromatic nitrogens is 2. The maximum Gasteiger partial charge on any atom is 0.242 e. The lowest BCUT2D eigenvalue weighted by Gasteiger charge is -2.38. The van der Waals surface area contributed by atoms with Gasteiger partial charge in [0.15, 0.2) is 0 Å². The summed E-state index contributed by atoms with van der Waals surface area (Å²) >= 11 is 0. The highest BCUT2D eigenvalue weighted by Crippen LogP contribution is 2.14. The van der Waals surface area contributed by atoms with Crippen LogP contribution in [0.4, 0.5) is 0 Å². The third kappa shape index (κ3) is 5.31. The number of halogens is 2. The summed E-state index contributed by atoms with van der Waals surface area (Å²) < 4.78 is 13.4. The van der Waals surface area contributed by atoms with Gasteiger partial charge in [0.1, 0.15) is 6.04 Å². The van der Waals surface area contributed by atoms with Gasteiger partial charge in [0.25, 0.3) is 0 Å². The second kappa shape index (κ2) is 9.73. The van der Waals surface area contributed by atoms with Crippen molar-refractivity contribution >= 4 is 30.7 Å². The molecule has 1 unspecified atom stereocenters. The number of carbonyl (C=O) groups is 1. The first kappa shape index (κ1) is 22.2. The Balaban J connectivity index is 0.00000156. The van der Waals surface area contributed by atoms with E-state index < -0.39 is 0 Å². The van der Waals surface area contributed by atoms with E-state index in [2.05, 4.69) is 16.5 Å². The van der Waals surface area contributed by atoms with E-state index >= 15 is 0 Å². The zero-order chi connectivity index (χ0) is 16.4. The van der Waals surface area contributed by atoms with Gasteiger partial charge < -0.3 is 19.7 Å². The van der Waals surface area contributed by atoms with E-state index in [4.69, 9.17) is 9.47 Å². The van der Waals surface area contributed by atoms with E-state index in [-0.39, 0.29) is 49.0 Å². The fourth-order valence-electron chi connectivity index (χ4n) is 3.29. The molecule has 0 spiro atoms. The van der Waals surface area contributed by atoms with Crippen LogP contribution in [0.3, 0.4) is 0 Å². The Bertz CT molecular complexity index is 570. The molecule has 1 N–H and O–H groups in total. The standard InChI is InChI=1S/C16H26N4O3.2ClH/c1-11-8-12(2)20(18-11)10-14-9-19(5-7-23-14)16(21)15-13(3)22-6-4-17-15;;/h8,13-15,17H,4-7,9-10H2,1-3H3;2*1H/t13-,14?,15+;;/m1../s1. The molecule has 3 rings (SSSR count). The van der Waals surface area contributed by atoms with E-state index in [1.807, 2.05) is 30.4 Å². The Labute approximate surface area is 161 Å². The first-order valence-corrected chi connectivity index (χ1v) is 8.31. The molecule has 2 aliphatic heterocycles. The number of amides is 1. The molecule has 3 atom stereocenters. The highest BCUT2D eigenvalue weighted by molar-refractivity contribution is 5.85. The van der Waals surface area contributed by atoms with Gasteiger partial charge in [-0.3, -0.25) is 9.48 Å². The van der Waals surface area contributed by atoms with Crippen LogP contribution in [0.15, 0.2) is 6.07 Å². The SMILES string of the molecule is Cc1cc(C)n(CC2CN(C(=O)[C@H]3NCCO[C@@H]3C)CCO2)n1.Cl.Cl. The van der Waals surface area contributed by atoms with Gasteiger partial charge >= 0.3 is 0 Å². The van der Waals surface area contributed by atoms with Gasteiger partial charge in [-0.25, -0.2) is 0 Å². The van der Waals surface area contributed by atoms with E-state index in [9.17, 15) is 4.79 Å². The van der Waals surface area contributed by atoms with Crippen molar-refractivity contribution in [1.29, 1.82) is 0 Å². The summed E-state index contributed by atoms with van der Waals surface area (Å²) in [7, 11) is 0. The zero-order valence-corrected chi connectivity index (χ0v) is 16.6. The number of nitrogens with one attached hydrogen (secondary N) is 1. The molecule has 1 aromatic heterocycles. The molecule has 25 heavy (non-hydrogen) atoms. The van der Waals surface area contributed by atoms with Crippen molar-refractivity contribution in [1.82, 2.24) is 20.0 Å². The van der Waals surface area contributed by atoms with Gasteiger partial charge in [-0.15, -0.1) is 24.8 Å². The second-order valence-corrected chi connectivity index (χ2v) is 6.39. The number of carbonyl (C=O) groups excluding carboxylic acids is 1. The number of aryl methyl sites for hydroxylation is 2. The molecular formula is C16H28Cl2N4O3. The maximum absolute atomic E-state index is 12.7. The lowest BCUT2D eigenvalue weighted by atomic mass is 10.1. The van der Waals surface area contributed by atoms with Crippen molar-refractivity contribution in [3.05, 3.63) is 17.5 Å². The fourth-order valence-corrected chi connectivity index (χ4v) is 3.29. The van der Waals surface area contributed by atoms with Gasteiger partial charge in [-0.2, -0.15) is 5.10 Å². The van der Waals surface area contributed by atoms with E-state index in [0.29, 0.717) is 32.8 Å². The number of ether oxygens (including phenoxy) is 2. The molecule has 0 saturated carbocycles. The summed E-state index contributed by atoms with van der Waals surface area (Å²) in [5.74, 6) is 0.110. The number of rotatable bonds is 3. The highest BCUT2D eigenvalue weighted by Gasteiger charge is 2.34. The normalized spacial score (nSPS) is 26.5. The van der Waals surface area contributed by atoms with E-state index in [0.717, 1.165) is 17.9 Å². The molecule has 1 amide bonds. The summed E-state index contributed by atoms with van der Waals surface area (Å²) in [6.07, 6.45) is -0.112. The third-order valence-electron chi connectivity index (χ3n) is 4.51. The highest BCUT2D eigenvalue weighted by atomic mass is 35.5. The molecule has 7 nitrogen and oxygen atoms in total. The number of hydrogen-bond donors (Lipinski definition) is 1. The predicted molar refractivity (Wildman–Crippen MR) is 99.7 cm³/mol. The minimum Gasteiger partial charge on any atom is -0.375 e. The van der Waals surface area contributed by atoms with Gasteiger partial charge in [0.2, 0.25) is 5.91 Å². The van der Waals surface area contributed by atoms with Crippen LogP contribution in [0.5, 0.6) is 0 Å². The first-order chi connectivity index (χ1) is 11.0. The lowest BCUT2D eigenvalue weighted by Crippen LogP contribution is -2.59. The van der Waals surface area contributed by atoms with Crippen molar-refractivity contribution in [3.8, 4) is 0 Å². The Morgan fingerprint density at radius 3 is 2.72 bits per heavy atom. The van der Waals surface area contributed by atoms with E-state index in [1.165, 1.54) is 0 Å². The smallest absolute Gasteiger partial charge is 0.242 e. The molecule has 0 aromatic carbocycles. The first-order valence-electron chi connectivity index (χ1n) is 8.31. The van der Waals surface area contributed by atoms with Crippen LogP contribution in [0.1, 0.15) is 18.3 Å². The fraction of sp³-hybridized carbons (Fsp3) is 0.750. The zero-order valence-electron chi connectivity index (χ0n) is 14.9. The monoisotopic (exact) mass is 394 g/mol. The summed E-state index contributed by atoms with van der Waals surface area (Å²) in [4.78, 5) is 14.6. The van der Waals surface area contributed by atoms with Crippen LogP contribution in [0.25, 0.3) is 0 Å². The largest absolute Gasteiger partial charge is 0.375 e. The predicted octanol–water partition coefficient (Wildman–Crippen LogP) is 0.948. The molecule has 144 valence electrons. The van der Waals surface area contributed by atoms with Crippen LogP contribution in [0, 0.1) is 13.8 Å². The number of hydrogen-bond acceptors (Lipinski definition) is 5. The Hall–Kier alpha value is -0.860. The molecule has 0 radical (unpaired) electrons. The molecule has 0 aliphatic carbocycles. The quantitative estimate of drug-likeness (QED) is 0.826. The maximum atomic E-state index is 12.7. The molecule has 2 saturated heterocycles. The second-order valence-electron chi connectivity index (χ2n) is 6.39. The minimum atomic E-state index is -0.254. The molecule has 3 heterocycles. The van der Waals surface area contributed by atoms with Crippen LogP contribution in [-0.2, 0) is 20.8 Å². The molecule has 2 aliphatic rings. The number of morpholine rings is 2. The van der Waals surface area contributed by atoms with Gasteiger partial charge in [-0.05, 0) is 26.8 Å². The third-order valence-corrected chi connectivity index (χ3v) is 4.51. The average molecular weight is 395 g/mol. The van der Waals surface area contributed by atoms with Crippen LogP contribution >= 0.6 is 24.8 Å². The van der Waals surface area contributed by atoms with Gasteiger partial charge in [0, 0.05) is 25.3 Å². The van der Waals surface area contributed by atoms with Gasteiger partial charge in [0.05, 0.1) is 37.7 Å². The van der Waals surface area contributed by atoms with Crippen molar-refractivity contribution in [2.24, 2.45) is 0 Å². The molecule has 9 heteroatoms. The summed E-state index contributed by atoms with van der Waals surface area (Å²) in [5.41, 5.74) is 2.12. The Kier molecular flexibility index (Phi) is 8.63. The molecule has 1 aromatic rings. The molecule has 2 fully saturated rings. The Morgan fingerprint density at radius 1 is 1.32 bits per heavy atom. The van der Waals surface area contributed by atoms with Crippen LogP contribution in [-0.4, -0.2) is 71.7 Å². The van der Waals surface area contributed by atoms with Gasteiger partial charge in [-0.1, -0.05) is 0 Å². The molecular weight excluding hydrogens is 367 g/mol. The molecule has 0 bridgehead atoms. The average Bonchev–Trinajstić information content (AvgIpc) is 2.85. The van der Waals surface area contributed by atoms with Crippen LogP contribution < -0.4 is 5.32 Å². The van der Waals surface area contributed by atoms with Crippen molar-refractivity contribution in [2.45, 2.75) is 45.6 Å². The minimum absolute atomic E-state index is 0. The lowest BCUT2D eigenvalue weighted by molar-refractivity contribution is -0.147. The van der Waals surface area contributed by atoms with Crippen molar-refractivity contribution in [2.75, 3.05) is 32.8 Å². The van der Waals surface area contributed by atoms with Crippen molar-refractivity contribution < 1.29 is 14.3 Å². The summed E-state index contributed by atoms with van der Waals surface area (Å²) in [5, 5.41) is 7.75. The van der Waals surface area contributed by atoms with Crippen molar-refractivity contribution in [3.63, 3.8) is 0 Å². The topological polar surface area (TPSA) is 68.6 Å². The van der Waals surface area contributed by atoms with E-state index in [1.54, 1.807) is 0 Å². The summed E-state index contributed by atoms with van der Waals surface area (Å²) in [6, 6.07) is 1.80. The van der Waals surface area contributed by atoms with Crippen LogP contribution in [0.2, 0.25) is 0 Å². The Morgan fingerprint density at radius 2 is 2.08 bits per heavy atom. The summed E-state index contributed by atoms with van der Waals surface area (Å²) in [6.45, 7) is 9.83. The number of nitrogens with zero attached hydrogens (tertiary/aromatic N) is 3.